The predicted molar refractivity (Wildman–Crippen MR) is 50.4 cm³/mol. The molecule has 1 rings (SSSR count). The zero-order valence-electron chi connectivity index (χ0n) is 8.00. The second-order valence-electron chi connectivity index (χ2n) is 3.41. The molecule has 0 aliphatic heterocycles. The SMILES string of the molecule is O=CC(Cc1ccccc1)CC(F)(F)F. The number of halogens is 3. The highest BCUT2D eigenvalue weighted by atomic mass is 19.4. The number of aldehydes is 1. The molecule has 0 saturated heterocycles. The van der Waals surface area contributed by atoms with Gasteiger partial charge in [0, 0.05) is 5.92 Å². The first kappa shape index (κ1) is 11.8. The van der Waals surface area contributed by atoms with Crippen molar-refractivity contribution in [3.05, 3.63) is 35.9 Å². The first-order valence-electron chi connectivity index (χ1n) is 4.57. The maximum atomic E-state index is 12.0. The Hall–Kier alpha value is -1.32. The molecule has 1 aromatic carbocycles. The second kappa shape index (κ2) is 4.96. The standard InChI is InChI=1S/C11H11F3O/c12-11(13,14)7-10(8-15)6-9-4-2-1-3-5-9/h1-5,8,10H,6-7H2. The van der Waals surface area contributed by atoms with Crippen LogP contribution in [0, 0.1) is 5.92 Å². The van der Waals surface area contributed by atoms with Crippen LogP contribution in [0.5, 0.6) is 0 Å². The first-order chi connectivity index (χ1) is 7.01. The number of rotatable bonds is 4. The molecule has 0 heterocycles. The normalized spacial score (nSPS) is 13.5. The van der Waals surface area contributed by atoms with E-state index in [1.807, 2.05) is 0 Å². The summed E-state index contributed by atoms with van der Waals surface area (Å²) in [6.07, 6.45) is -4.81. The minimum atomic E-state index is -4.28. The molecule has 0 bridgehead atoms. The van der Waals surface area contributed by atoms with E-state index in [9.17, 15) is 18.0 Å². The molecule has 15 heavy (non-hydrogen) atoms. The molecule has 0 N–H and O–H groups in total. The van der Waals surface area contributed by atoms with E-state index >= 15 is 0 Å². The van der Waals surface area contributed by atoms with Crippen LogP contribution in [0.2, 0.25) is 0 Å². The van der Waals surface area contributed by atoms with E-state index in [4.69, 9.17) is 0 Å². The van der Waals surface area contributed by atoms with Gasteiger partial charge in [0.25, 0.3) is 0 Å². The maximum absolute atomic E-state index is 12.0. The third kappa shape index (κ3) is 4.63. The summed E-state index contributed by atoms with van der Waals surface area (Å²) in [5.41, 5.74) is 0.749. The summed E-state index contributed by atoms with van der Waals surface area (Å²) in [4.78, 5) is 10.5. The van der Waals surface area contributed by atoms with Gasteiger partial charge in [0.05, 0.1) is 6.42 Å². The monoisotopic (exact) mass is 216 g/mol. The lowest BCUT2D eigenvalue weighted by atomic mass is 9.97. The van der Waals surface area contributed by atoms with Crippen LogP contribution in [-0.2, 0) is 11.2 Å². The number of hydrogen-bond donors (Lipinski definition) is 0. The number of benzene rings is 1. The smallest absolute Gasteiger partial charge is 0.303 e. The van der Waals surface area contributed by atoms with Crippen molar-refractivity contribution in [1.82, 2.24) is 0 Å². The topological polar surface area (TPSA) is 17.1 Å². The molecule has 0 aliphatic carbocycles. The number of carbonyl (C=O) groups excluding carboxylic acids is 1. The largest absolute Gasteiger partial charge is 0.389 e. The Morgan fingerprint density at radius 1 is 1.20 bits per heavy atom. The molecule has 0 radical (unpaired) electrons. The van der Waals surface area contributed by atoms with Gasteiger partial charge in [-0.3, -0.25) is 0 Å². The van der Waals surface area contributed by atoms with Crippen molar-refractivity contribution < 1.29 is 18.0 Å². The molecule has 82 valence electrons. The maximum Gasteiger partial charge on any atom is 0.389 e. The van der Waals surface area contributed by atoms with Gasteiger partial charge in [0.15, 0.2) is 0 Å². The molecular weight excluding hydrogens is 205 g/mol. The highest BCUT2D eigenvalue weighted by molar-refractivity contribution is 5.54. The zero-order valence-corrected chi connectivity index (χ0v) is 8.00. The van der Waals surface area contributed by atoms with E-state index in [2.05, 4.69) is 0 Å². The van der Waals surface area contributed by atoms with Gasteiger partial charge in [0.1, 0.15) is 6.29 Å². The highest BCUT2D eigenvalue weighted by Gasteiger charge is 2.31. The van der Waals surface area contributed by atoms with Crippen molar-refractivity contribution in [2.24, 2.45) is 5.92 Å². The summed E-state index contributed by atoms with van der Waals surface area (Å²) in [5, 5.41) is 0. The summed E-state index contributed by atoms with van der Waals surface area (Å²) >= 11 is 0. The number of carbonyl (C=O) groups is 1. The van der Waals surface area contributed by atoms with Gasteiger partial charge in [-0.25, -0.2) is 0 Å². The lowest BCUT2D eigenvalue weighted by Gasteiger charge is -2.12. The lowest BCUT2D eigenvalue weighted by molar-refractivity contribution is -0.148. The van der Waals surface area contributed by atoms with Crippen LogP contribution in [0.3, 0.4) is 0 Å². The molecule has 0 fully saturated rings. The molecule has 1 unspecified atom stereocenters. The van der Waals surface area contributed by atoms with E-state index in [0.717, 1.165) is 5.56 Å². The first-order valence-corrected chi connectivity index (χ1v) is 4.57. The van der Waals surface area contributed by atoms with Crippen molar-refractivity contribution in [2.75, 3.05) is 0 Å². The van der Waals surface area contributed by atoms with Crippen molar-refractivity contribution in [1.29, 1.82) is 0 Å². The number of hydrogen-bond acceptors (Lipinski definition) is 1. The van der Waals surface area contributed by atoms with Gasteiger partial charge < -0.3 is 4.79 Å². The minimum Gasteiger partial charge on any atom is -0.303 e. The summed E-state index contributed by atoms with van der Waals surface area (Å²) < 4.78 is 36.1. The predicted octanol–water partition coefficient (Wildman–Crippen LogP) is 3.00. The van der Waals surface area contributed by atoms with Gasteiger partial charge in [-0.15, -0.1) is 0 Å². The van der Waals surface area contributed by atoms with Crippen LogP contribution in [0.4, 0.5) is 13.2 Å². The molecule has 0 spiro atoms. The van der Waals surface area contributed by atoms with E-state index in [1.165, 1.54) is 0 Å². The van der Waals surface area contributed by atoms with Crippen molar-refractivity contribution >= 4 is 6.29 Å². The molecule has 1 nitrogen and oxygen atoms in total. The highest BCUT2D eigenvalue weighted by Crippen LogP contribution is 2.25. The Bertz CT molecular complexity index is 305. The van der Waals surface area contributed by atoms with E-state index in [-0.39, 0.29) is 6.42 Å². The van der Waals surface area contributed by atoms with Gasteiger partial charge >= 0.3 is 6.18 Å². The van der Waals surface area contributed by atoms with Gasteiger partial charge in [-0.2, -0.15) is 13.2 Å². The van der Waals surface area contributed by atoms with E-state index in [0.29, 0.717) is 6.29 Å². The fourth-order valence-corrected chi connectivity index (χ4v) is 1.38. The number of alkyl halides is 3. The molecule has 4 heteroatoms. The summed E-state index contributed by atoms with van der Waals surface area (Å²) in [6.45, 7) is 0. The molecular formula is C11H11F3O. The minimum absolute atomic E-state index is 0.143. The van der Waals surface area contributed by atoms with Crippen molar-refractivity contribution in [3.8, 4) is 0 Å². The van der Waals surface area contributed by atoms with Crippen LogP contribution in [0.1, 0.15) is 12.0 Å². The van der Waals surface area contributed by atoms with Crippen LogP contribution in [0.15, 0.2) is 30.3 Å². The zero-order chi connectivity index (χ0) is 11.3. The molecule has 0 saturated carbocycles. The molecule has 0 aliphatic rings. The quantitative estimate of drug-likeness (QED) is 0.707. The Morgan fingerprint density at radius 2 is 1.80 bits per heavy atom. The Labute approximate surface area is 85.9 Å². The summed E-state index contributed by atoms with van der Waals surface area (Å²) in [6, 6.07) is 8.69. The molecule has 1 aromatic rings. The van der Waals surface area contributed by atoms with Crippen LogP contribution in [-0.4, -0.2) is 12.5 Å². The third-order valence-electron chi connectivity index (χ3n) is 2.03. The van der Waals surface area contributed by atoms with Gasteiger partial charge in [0.2, 0.25) is 0 Å². The van der Waals surface area contributed by atoms with Gasteiger partial charge in [-0.1, -0.05) is 30.3 Å². The van der Waals surface area contributed by atoms with E-state index < -0.39 is 18.5 Å². The van der Waals surface area contributed by atoms with Gasteiger partial charge in [-0.05, 0) is 12.0 Å². The van der Waals surface area contributed by atoms with E-state index in [1.54, 1.807) is 30.3 Å². The summed E-state index contributed by atoms with van der Waals surface area (Å²) in [7, 11) is 0. The molecule has 0 aromatic heterocycles. The Kier molecular flexibility index (Phi) is 3.88. The van der Waals surface area contributed by atoms with Crippen molar-refractivity contribution in [2.45, 2.75) is 19.0 Å². The van der Waals surface area contributed by atoms with Crippen LogP contribution >= 0.6 is 0 Å². The Morgan fingerprint density at radius 3 is 2.27 bits per heavy atom. The average Bonchev–Trinajstić information content (AvgIpc) is 2.16. The third-order valence-corrected chi connectivity index (χ3v) is 2.03. The van der Waals surface area contributed by atoms with Crippen molar-refractivity contribution in [3.63, 3.8) is 0 Å². The summed E-state index contributed by atoms with van der Waals surface area (Å²) in [5.74, 6) is -0.979. The lowest BCUT2D eigenvalue weighted by Crippen LogP contribution is -2.18. The van der Waals surface area contributed by atoms with Crippen LogP contribution in [0.25, 0.3) is 0 Å². The Balaban J connectivity index is 2.59. The fourth-order valence-electron chi connectivity index (χ4n) is 1.38. The molecule has 1 atom stereocenters. The van der Waals surface area contributed by atoms with Crippen LogP contribution < -0.4 is 0 Å². The second-order valence-corrected chi connectivity index (χ2v) is 3.41. The molecule has 0 amide bonds. The fraction of sp³-hybridized carbons (Fsp3) is 0.364. The average molecular weight is 216 g/mol.